The molecule has 0 aliphatic carbocycles. The van der Waals surface area contributed by atoms with Crippen LogP contribution in [0.2, 0.25) is 0 Å². The first-order valence-electron chi connectivity index (χ1n) is 23.1. The number of aromatic nitrogens is 2. The molecule has 5 heteroatoms. The van der Waals surface area contributed by atoms with Gasteiger partial charge in [0.05, 0.1) is 23.4 Å². The maximum absolute atomic E-state index is 6.86. The third-order valence-electron chi connectivity index (χ3n) is 13.3. The van der Waals surface area contributed by atoms with Gasteiger partial charge in [-0.1, -0.05) is 165 Å². The average Bonchev–Trinajstić information content (AvgIpc) is 3.92. The molecule has 0 radical (unpaired) electrons. The summed E-state index contributed by atoms with van der Waals surface area (Å²) in [6, 6.07) is 65.4. The van der Waals surface area contributed by atoms with Crippen LogP contribution in [0.1, 0.15) is 83.2 Å². The molecule has 0 fully saturated rings. The van der Waals surface area contributed by atoms with Crippen molar-refractivity contribution in [2.45, 2.75) is 71.6 Å². The summed E-state index contributed by atoms with van der Waals surface area (Å²) in [5, 5.41) is 2.34. The zero-order chi connectivity index (χ0) is 45.8. The minimum Gasteiger partial charge on any atom is -0.457 e. The lowest BCUT2D eigenvalue weighted by Crippen LogP contribution is -2.26. The summed E-state index contributed by atoms with van der Waals surface area (Å²) in [5.41, 5.74) is 13.9. The van der Waals surface area contributed by atoms with Crippen molar-refractivity contribution >= 4 is 38.9 Å². The molecule has 3 heterocycles. The van der Waals surface area contributed by atoms with E-state index in [2.05, 4.69) is 252 Å². The van der Waals surface area contributed by atoms with Gasteiger partial charge in [-0.05, 0) is 110 Å². The van der Waals surface area contributed by atoms with Crippen LogP contribution < -0.4 is 14.5 Å². The fraction of sp³-hybridized carbons (Fsp3) is 0.197. The molecule has 7 aromatic carbocycles. The zero-order valence-electron chi connectivity index (χ0n) is 39.4. The van der Waals surface area contributed by atoms with Crippen molar-refractivity contribution < 1.29 is 4.74 Å². The van der Waals surface area contributed by atoms with Gasteiger partial charge in [0.1, 0.15) is 17.3 Å². The van der Waals surface area contributed by atoms with Crippen LogP contribution in [-0.4, -0.2) is 16.2 Å². The van der Waals surface area contributed by atoms with Crippen LogP contribution in [-0.2, 0) is 16.2 Å². The van der Waals surface area contributed by atoms with Crippen LogP contribution in [0.4, 0.5) is 11.4 Å². The summed E-state index contributed by atoms with van der Waals surface area (Å²) in [5.74, 6) is 2.41. The number of fused-ring (bicyclic) bond motifs is 3. The van der Waals surface area contributed by atoms with Gasteiger partial charge in [-0.15, -0.1) is 0 Å². The van der Waals surface area contributed by atoms with Crippen molar-refractivity contribution in [2.75, 3.05) is 16.5 Å². The van der Waals surface area contributed by atoms with Crippen LogP contribution in [0.5, 0.6) is 11.5 Å². The van der Waals surface area contributed by atoms with E-state index in [1.54, 1.807) is 0 Å². The Morgan fingerprint density at radius 1 is 0.455 bits per heavy atom. The molecule has 0 unspecified atom stereocenters. The third kappa shape index (κ3) is 8.15. The van der Waals surface area contributed by atoms with Crippen LogP contribution in [0.25, 0.3) is 44.4 Å². The van der Waals surface area contributed by atoms with Crippen molar-refractivity contribution in [1.29, 1.82) is 0 Å². The molecule has 10 rings (SSSR count). The van der Waals surface area contributed by atoms with E-state index in [1.165, 1.54) is 38.8 Å². The summed E-state index contributed by atoms with van der Waals surface area (Å²) in [4.78, 5) is 9.75. The predicted molar refractivity (Wildman–Crippen MR) is 277 cm³/mol. The Hall–Kier alpha value is -7.37. The molecule has 1 aliphatic heterocycles. The van der Waals surface area contributed by atoms with E-state index in [9.17, 15) is 0 Å². The highest BCUT2D eigenvalue weighted by molar-refractivity contribution is 6.10. The number of rotatable bonds is 9. The molecule has 328 valence electrons. The van der Waals surface area contributed by atoms with Gasteiger partial charge in [0.2, 0.25) is 0 Å². The van der Waals surface area contributed by atoms with Gasteiger partial charge in [0, 0.05) is 52.1 Å². The standard InChI is InChI=1S/C61H58N4O/c1-59(2,3)46-31-32-62-58(37-46)65-55-30-27-47(61(7,8)45-23-16-11-17-24-45)36-54(55)53-29-28-52(39-56(53)65)66-51-26-18-25-49(38-51)64-41-63(40-57(64)43-21-14-10-15-22-43)50-34-44(42-19-12-9-13-20-42)33-48(35-50)60(4,5)6/h9-40H,41H2,1-8H3. The van der Waals surface area contributed by atoms with E-state index in [4.69, 9.17) is 9.72 Å². The highest BCUT2D eigenvalue weighted by Gasteiger charge is 2.28. The molecule has 9 aromatic rings. The Morgan fingerprint density at radius 2 is 1.14 bits per heavy atom. The second-order valence-electron chi connectivity index (χ2n) is 20.3. The smallest absolute Gasteiger partial charge is 0.137 e. The minimum absolute atomic E-state index is 0.0246. The first kappa shape index (κ1) is 42.6. The van der Waals surface area contributed by atoms with E-state index < -0.39 is 0 Å². The highest BCUT2D eigenvalue weighted by Crippen LogP contribution is 2.42. The van der Waals surface area contributed by atoms with E-state index in [0.29, 0.717) is 6.67 Å². The Bertz CT molecular complexity index is 3240. The van der Waals surface area contributed by atoms with Gasteiger partial charge in [0.25, 0.3) is 0 Å². The summed E-state index contributed by atoms with van der Waals surface area (Å²) >= 11 is 0. The third-order valence-corrected chi connectivity index (χ3v) is 13.3. The Labute approximate surface area is 390 Å². The van der Waals surface area contributed by atoms with Crippen LogP contribution in [0, 0.1) is 0 Å². The quantitative estimate of drug-likeness (QED) is 0.145. The summed E-state index contributed by atoms with van der Waals surface area (Å²) in [6.07, 6.45) is 4.23. The average molecular weight is 863 g/mol. The van der Waals surface area contributed by atoms with Crippen molar-refractivity contribution in [3.63, 3.8) is 0 Å². The van der Waals surface area contributed by atoms with Gasteiger partial charge in [-0.3, -0.25) is 4.57 Å². The molecule has 0 N–H and O–H groups in total. The van der Waals surface area contributed by atoms with Crippen LogP contribution in [0.3, 0.4) is 0 Å². The van der Waals surface area contributed by atoms with Crippen LogP contribution in [0.15, 0.2) is 194 Å². The summed E-state index contributed by atoms with van der Waals surface area (Å²) in [6.45, 7) is 18.9. The molecule has 0 saturated carbocycles. The Morgan fingerprint density at radius 3 is 1.85 bits per heavy atom. The van der Waals surface area contributed by atoms with E-state index in [1.807, 2.05) is 12.3 Å². The molecular weight excluding hydrogens is 805 g/mol. The molecular formula is C61H58N4O. The Balaban J connectivity index is 1.03. The molecule has 0 spiro atoms. The van der Waals surface area contributed by atoms with Gasteiger partial charge in [-0.2, -0.15) is 0 Å². The normalized spacial score (nSPS) is 13.4. The Kier molecular flexibility index (Phi) is 10.7. The SMILES string of the molecule is CC(C)(C)c1cc(-c2ccccc2)cc(N2C=C(c3ccccc3)N(c3cccc(Oc4ccc5c6cc(C(C)(C)c7ccccc7)ccc6n(-c6cc(C(C)(C)C)ccn6)c5c4)c3)C2)c1. The first-order chi connectivity index (χ1) is 31.7. The number of anilines is 2. The lowest BCUT2D eigenvalue weighted by molar-refractivity contribution is 0.483. The van der Waals surface area contributed by atoms with Gasteiger partial charge in [0.15, 0.2) is 0 Å². The van der Waals surface area contributed by atoms with Crippen molar-refractivity contribution in [2.24, 2.45) is 0 Å². The summed E-state index contributed by atoms with van der Waals surface area (Å²) in [7, 11) is 0. The minimum atomic E-state index is -0.189. The molecule has 1 aliphatic rings. The molecule has 0 atom stereocenters. The van der Waals surface area contributed by atoms with E-state index >= 15 is 0 Å². The van der Waals surface area contributed by atoms with Gasteiger partial charge >= 0.3 is 0 Å². The molecule has 2 aromatic heterocycles. The molecule has 5 nitrogen and oxygen atoms in total. The lowest BCUT2D eigenvalue weighted by atomic mass is 9.78. The van der Waals surface area contributed by atoms with E-state index in [0.717, 1.165) is 56.4 Å². The van der Waals surface area contributed by atoms with Gasteiger partial charge < -0.3 is 14.5 Å². The number of benzene rings is 7. The second-order valence-corrected chi connectivity index (χ2v) is 20.3. The monoisotopic (exact) mass is 862 g/mol. The van der Waals surface area contributed by atoms with Crippen molar-refractivity contribution in [3.8, 4) is 28.4 Å². The number of hydrogen-bond donors (Lipinski definition) is 0. The fourth-order valence-electron chi connectivity index (χ4n) is 9.29. The predicted octanol–water partition coefficient (Wildman–Crippen LogP) is 15.8. The highest BCUT2D eigenvalue weighted by atomic mass is 16.5. The number of nitrogens with zero attached hydrogens (tertiary/aromatic N) is 4. The summed E-state index contributed by atoms with van der Waals surface area (Å²) < 4.78 is 9.17. The lowest BCUT2D eigenvalue weighted by Gasteiger charge is -2.27. The van der Waals surface area contributed by atoms with Crippen molar-refractivity contribution in [1.82, 2.24) is 9.55 Å². The number of hydrogen-bond acceptors (Lipinski definition) is 4. The van der Waals surface area contributed by atoms with Crippen molar-refractivity contribution in [3.05, 3.63) is 222 Å². The largest absolute Gasteiger partial charge is 0.457 e. The molecule has 66 heavy (non-hydrogen) atoms. The molecule has 0 bridgehead atoms. The number of pyridine rings is 1. The zero-order valence-corrected chi connectivity index (χ0v) is 39.4. The van der Waals surface area contributed by atoms with Gasteiger partial charge in [-0.25, -0.2) is 4.98 Å². The maximum atomic E-state index is 6.86. The maximum Gasteiger partial charge on any atom is 0.137 e. The molecule has 0 saturated heterocycles. The molecule has 0 amide bonds. The van der Waals surface area contributed by atoms with Crippen LogP contribution >= 0.6 is 0 Å². The topological polar surface area (TPSA) is 33.5 Å². The van der Waals surface area contributed by atoms with E-state index in [-0.39, 0.29) is 16.2 Å². The second kappa shape index (κ2) is 16.6. The first-order valence-corrected chi connectivity index (χ1v) is 23.1. The fourth-order valence-corrected chi connectivity index (χ4v) is 9.29. The number of ether oxygens (including phenoxy) is 1.